The zero-order chi connectivity index (χ0) is 10.1. The first-order valence-electron chi connectivity index (χ1n) is 3.91. The number of hydrogen-bond acceptors (Lipinski definition) is 3. The standard InChI is InChI=1S/C9H6Br2N2S/c1-5-12-7(4-8(11)13-5)9-6(10)2-3-14-9/h2-4H,1H3. The van der Waals surface area contributed by atoms with Crippen LogP contribution in [0.2, 0.25) is 0 Å². The van der Waals surface area contributed by atoms with E-state index in [4.69, 9.17) is 0 Å². The molecule has 0 radical (unpaired) electrons. The van der Waals surface area contributed by atoms with Crippen LogP contribution in [-0.2, 0) is 0 Å². The lowest BCUT2D eigenvalue weighted by atomic mass is 10.3. The van der Waals surface area contributed by atoms with Gasteiger partial charge >= 0.3 is 0 Å². The van der Waals surface area contributed by atoms with Crippen molar-refractivity contribution in [2.24, 2.45) is 0 Å². The second kappa shape index (κ2) is 4.08. The number of aromatic nitrogens is 2. The molecule has 0 fully saturated rings. The fraction of sp³-hybridized carbons (Fsp3) is 0.111. The van der Waals surface area contributed by atoms with Gasteiger partial charge in [0.05, 0.1) is 10.6 Å². The summed E-state index contributed by atoms with van der Waals surface area (Å²) in [4.78, 5) is 9.68. The van der Waals surface area contributed by atoms with Gasteiger partial charge in [0.2, 0.25) is 0 Å². The summed E-state index contributed by atoms with van der Waals surface area (Å²) < 4.78 is 1.90. The third-order valence-corrected chi connectivity index (χ3v) is 3.92. The first-order chi connectivity index (χ1) is 6.66. The molecular weight excluding hydrogens is 328 g/mol. The van der Waals surface area contributed by atoms with Gasteiger partial charge in [-0.15, -0.1) is 11.3 Å². The van der Waals surface area contributed by atoms with Gasteiger partial charge in [0.25, 0.3) is 0 Å². The van der Waals surface area contributed by atoms with Crippen molar-refractivity contribution in [1.82, 2.24) is 9.97 Å². The molecule has 0 N–H and O–H groups in total. The van der Waals surface area contributed by atoms with Gasteiger partial charge in [-0.05, 0) is 56.3 Å². The Hall–Kier alpha value is -0.260. The van der Waals surface area contributed by atoms with Crippen molar-refractivity contribution in [2.75, 3.05) is 0 Å². The SMILES string of the molecule is Cc1nc(Br)cc(-c2sccc2Br)n1. The highest BCUT2D eigenvalue weighted by Crippen LogP contribution is 2.32. The fourth-order valence-electron chi connectivity index (χ4n) is 1.12. The lowest BCUT2D eigenvalue weighted by Crippen LogP contribution is -1.90. The van der Waals surface area contributed by atoms with E-state index in [2.05, 4.69) is 41.8 Å². The molecule has 2 rings (SSSR count). The van der Waals surface area contributed by atoms with Gasteiger partial charge in [-0.1, -0.05) is 0 Å². The van der Waals surface area contributed by atoms with Gasteiger partial charge in [0, 0.05) is 4.47 Å². The molecule has 0 saturated heterocycles. The topological polar surface area (TPSA) is 25.8 Å². The summed E-state index contributed by atoms with van der Waals surface area (Å²) >= 11 is 8.51. The molecule has 0 aromatic carbocycles. The fourth-order valence-corrected chi connectivity index (χ4v) is 3.13. The Morgan fingerprint density at radius 1 is 1.29 bits per heavy atom. The molecule has 2 aromatic heterocycles. The van der Waals surface area contributed by atoms with Crippen molar-refractivity contribution >= 4 is 43.2 Å². The molecule has 0 amide bonds. The van der Waals surface area contributed by atoms with E-state index in [-0.39, 0.29) is 0 Å². The highest BCUT2D eigenvalue weighted by atomic mass is 79.9. The van der Waals surface area contributed by atoms with E-state index >= 15 is 0 Å². The van der Waals surface area contributed by atoms with Crippen LogP contribution in [0.4, 0.5) is 0 Å². The average Bonchev–Trinajstić information content (AvgIpc) is 2.49. The minimum atomic E-state index is 0.773. The van der Waals surface area contributed by atoms with Crippen molar-refractivity contribution in [3.05, 3.63) is 32.4 Å². The number of thiophene rings is 1. The molecular formula is C9H6Br2N2S. The van der Waals surface area contributed by atoms with Gasteiger partial charge in [0.15, 0.2) is 0 Å². The van der Waals surface area contributed by atoms with Crippen LogP contribution < -0.4 is 0 Å². The molecule has 0 atom stereocenters. The summed E-state index contributed by atoms with van der Waals surface area (Å²) in [5, 5.41) is 2.03. The van der Waals surface area contributed by atoms with E-state index in [9.17, 15) is 0 Å². The molecule has 0 aliphatic rings. The summed E-state index contributed by atoms with van der Waals surface area (Å²) in [7, 11) is 0. The van der Waals surface area contributed by atoms with E-state index in [1.807, 2.05) is 24.4 Å². The maximum Gasteiger partial charge on any atom is 0.127 e. The van der Waals surface area contributed by atoms with Crippen LogP contribution in [0, 0.1) is 6.92 Å². The summed E-state index contributed by atoms with van der Waals surface area (Å²) in [6.45, 7) is 1.88. The maximum absolute atomic E-state index is 4.38. The molecule has 0 aliphatic carbocycles. The molecule has 0 bridgehead atoms. The summed E-state index contributed by atoms with van der Waals surface area (Å²) in [6, 6.07) is 3.94. The number of nitrogens with zero attached hydrogens (tertiary/aromatic N) is 2. The molecule has 2 heterocycles. The van der Waals surface area contributed by atoms with Gasteiger partial charge in [-0.3, -0.25) is 0 Å². The Bertz CT molecular complexity index is 447. The van der Waals surface area contributed by atoms with Gasteiger partial charge in [0.1, 0.15) is 10.4 Å². The zero-order valence-electron chi connectivity index (χ0n) is 7.29. The van der Waals surface area contributed by atoms with E-state index in [0.29, 0.717) is 0 Å². The highest BCUT2D eigenvalue weighted by Gasteiger charge is 2.07. The van der Waals surface area contributed by atoms with Crippen LogP contribution in [0.25, 0.3) is 10.6 Å². The molecule has 2 nitrogen and oxygen atoms in total. The number of halogens is 2. The third kappa shape index (κ3) is 2.04. The highest BCUT2D eigenvalue weighted by molar-refractivity contribution is 9.10. The van der Waals surface area contributed by atoms with Crippen LogP contribution in [0.1, 0.15) is 5.82 Å². The molecule has 72 valence electrons. The molecule has 0 aliphatic heterocycles. The average molecular weight is 334 g/mol. The summed E-state index contributed by atoms with van der Waals surface area (Å²) in [6.07, 6.45) is 0. The maximum atomic E-state index is 4.38. The minimum Gasteiger partial charge on any atom is -0.232 e. The molecule has 0 unspecified atom stereocenters. The lowest BCUT2D eigenvalue weighted by molar-refractivity contribution is 1.04. The minimum absolute atomic E-state index is 0.773. The number of rotatable bonds is 1. The normalized spacial score (nSPS) is 10.5. The smallest absolute Gasteiger partial charge is 0.127 e. The van der Waals surface area contributed by atoms with E-state index in [1.165, 1.54) is 0 Å². The van der Waals surface area contributed by atoms with Gasteiger partial charge < -0.3 is 0 Å². The van der Waals surface area contributed by atoms with Crippen LogP contribution in [-0.4, -0.2) is 9.97 Å². The Morgan fingerprint density at radius 2 is 2.07 bits per heavy atom. The monoisotopic (exact) mass is 332 g/mol. The zero-order valence-corrected chi connectivity index (χ0v) is 11.3. The predicted molar refractivity (Wildman–Crippen MR) is 65.5 cm³/mol. The van der Waals surface area contributed by atoms with Crippen molar-refractivity contribution in [1.29, 1.82) is 0 Å². The van der Waals surface area contributed by atoms with E-state index in [0.717, 1.165) is 25.5 Å². The van der Waals surface area contributed by atoms with E-state index in [1.54, 1.807) is 11.3 Å². The Morgan fingerprint density at radius 3 is 2.64 bits per heavy atom. The number of hydrogen-bond donors (Lipinski definition) is 0. The molecule has 0 spiro atoms. The van der Waals surface area contributed by atoms with Crippen LogP contribution in [0.3, 0.4) is 0 Å². The van der Waals surface area contributed by atoms with Crippen LogP contribution in [0.15, 0.2) is 26.6 Å². The lowest BCUT2D eigenvalue weighted by Gasteiger charge is -2.00. The van der Waals surface area contributed by atoms with Crippen molar-refractivity contribution in [2.45, 2.75) is 6.92 Å². The molecule has 2 aromatic rings. The second-order valence-corrected chi connectivity index (χ2v) is 5.30. The predicted octanol–water partition coefficient (Wildman–Crippen LogP) is 4.04. The third-order valence-electron chi connectivity index (χ3n) is 1.66. The van der Waals surface area contributed by atoms with Crippen molar-refractivity contribution in [3.8, 4) is 10.6 Å². The summed E-state index contributed by atoms with van der Waals surface area (Å²) in [5.41, 5.74) is 0.950. The Balaban J connectivity index is 2.57. The second-order valence-electron chi connectivity index (χ2n) is 2.72. The first kappa shape index (κ1) is 10.3. The van der Waals surface area contributed by atoms with Crippen LogP contribution in [0.5, 0.6) is 0 Å². The molecule has 5 heteroatoms. The van der Waals surface area contributed by atoms with E-state index < -0.39 is 0 Å². The Labute approximate surface area is 103 Å². The van der Waals surface area contributed by atoms with Gasteiger partial charge in [-0.2, -0.15) is 0 Å². The largest absolute Gasteiger partial charge is 0.232 e. The first-order valence-corrected chi connectivity index (χ1v) is 6.38. The van der Waals surface area contributed by atoms with Gasteiger partial charge in [-0.25, -0.2) is 9.97 Å². The Kier molecular flexibility index (Phi) is 2.99. The molecule has 14 heavy (non-hydrogen) atoms. The van der Waals surface area contributed by atoms with Crippen molar-refractivity contribution in [3.63, 3.8) is 0 Å². The summed E-state index contributed by atoms with van der Waals surface area (Å²) in [5.74, 6) is 0.773. The molecule has 0 saturated carbocycles. The quantitative estimate of drug-likeness (QED) is 0.736. The number of aryl methyl sites for hydroxylation is 1. The van der Waals surface area contributed by atoms with Crippen molar-refractivity contribution < 1.29 is 0 Å². The van der Waals surface area contributed by atoms with Crippen LogP contribution >= 0.6 is 43.2 Å².